The van der Waals surface area contributed by atoms with Gasteiger partial charge in [-0.15, -0.1) is 0 Å². The maximum Gasteiger partial charge on any atom is 0.286 e. The normalized spacial score (nSPS) is 42.1. The number of ketones is 2. The minimum absolute atomic E-state index is 0.421. The van der Waals surface area contributed by atoms with Crippen molar-refractivity contribution in [1.82, 2.24) is 0 Å². The number of carbonyl (C=O) groups is 2. The molecule has 0 aliphatic heterocycles. The summed E-state index contributed by atoms with van der Waals surface area (Å²) in [5, 5.41) is 19.1. The minimum Gasteiger partial charge on any atom is -0.354 e. The van der Waals surface area contributed by atoms with Gasteiger partial charge in [-0.25, -0.2) is 0 Å². The van der Waals surface area contributed by atoms with E-state index < -0.39 is 34.1 Å². The van der Waals surface area contributed by atoms with Gasteiger partial charge < -0.3 is 10.2 Å². The van der Waals surface area contributed by atoms with Gasteiger partial charge >= 0.3 is 0 Å². The van der Waals surface area contributed by atoms with Crippen molar-refractivity contribution in [3.05, 3.63) is 0 Å². The highest BCUT2D eigenvalue weighted by Crippen LogP contribution is 2.61. The Kier molecular flexibility index (Phi) is 1.79. The second-order valence-corrected chi connectivity index (χ2v) is 5.51. The molecule has 0 saturated heterocycles. The quantitative estimate of drug-likeness (QED) is 0.446. The maximum absolute atomic E-state index is 11.9. The van der Waals surface area contributed by atoms with Crippen molar-refractivity contribution in [3.8, 4) is 0 Å². The fraction of sp³-hybridized carbons (Fsp3) is 0.818. The van der Waals surface area contributed by atoms with E-state index in [9.17, 15) is 19.8 Å². The Morgan fingerprint density at radius 3 is 2.27 bits per heavy atom. The predicted octanol–water partition coefficient (Wildman–Crippen LogP) is 0.262. The number of rotatable bonds is 0. The Bertz CT molecular complexity index is 356. The summed E-state index contributed by atoms with van der Waals surface area (Å²) in [4.78, 5) is 23.7. The number of Topliss-reactive ketones (excluding diaryl/α,β-unsaturated/α-hetero) is 2. The Labute approximate surface area is 88.3 Å². The molecule has 4 heteroatoms. The summed E-state index contributed by atoms with van der Waals surface area (Å²) in [6, 6.07) is 0. The van der Waals surface area contributed by atoms with Crippen LogP contribution < -0.4 is 0 Å². The van der Waals surface area contributed by atoms with Crippen molar-refractivity contribution >= 4 is 11.6 Å². The molecular formula is C11H16O4. The lowest BCUT2D eigenvalue weighted by molar-refractivity contribution is -0.212. The second-order valence-electron chi connectivity index (χ2n) is 5.51. The van der Waals surface area contributed by atoms with Crippen LogP contribution in [0.15, 0.2) is 0 Å². The average Bonchev–Trinajstić information content (AvgIpc) is 2.32. The first-order chi connectivity index (χ1) is 6.65. The molecule has 0 heterocycles. The van der Waals surface area contributed by atoms with Crippen molar-refractivity contribution in [2.24, 2.45) is 16.7 Å². The summed E-state index contributed by atoms with van der Waals surface area (Å²) in [5.74, 6) is -4.65. The minimum atomic E-state index is -2.76. The third-order valence-electron chi connectivity index (χ3n) is 4.70. The summed E-state index contributed by atoms with van der Waals surface area (Å²) >= 11 is 0. The molecule has 0 aromatic carbocycles. The van der Waals surface area contributed by atoms with Crippen LogP contribution in [0.5, 0.6) is 0 Å². The van der Waals surface area contributed by atoms with E-state index >= 15 is 0 Å². The van der Waals surface area contributed by atoms with E-state index in [1.165, 1.54) is 0 Å². The molecule has 0 radical (unpaired) electrons. The molecule has 2 unspecified atom stereocenters. The Morgan fingerprint density at radius 2 is 1.73 bits per heavy atom. The highest BCUT2D eigenvalue weighted by molar-refractivity contribution is 6.14. The van der Waals surface area contributed by atoms with Gasteiger partial charge in [0, 0.05) is 11.3 Å². The van der Waals surface area contributed by atoms with E-state index in [0.29, 0.717) is 12.8 Å². The first-order valence-corrected chi connectivity index (χ1v) is 5.19. The number of aliphatic hydroxyl groups is 2. The Balaban J connectivity index is 2.61. The third-order valence-corrected chi connectivity index (χ3v) is 4.70. The molecule has 4 nitrogen and oxygen atoms in total. The lowest BCUT2D eigenvalue weighted by Crippen LogP contribution is -2.63. The van der Waals surface area contributed by atoms with Crippen molar-refractivity contribution in [2.45, 2.75) is 39.4 Å². The molecule has 2 atom stereocenters. The SMILES string of the molecule is CC12CCC(C(=O)C(O)(O)C1=O)C2(C)C. The molecule has 15 heavy (non-hydrogen) atoms. The average molecular weight is 212 g/mol. The second kappa shape index (κ2) is 2.50. The summed E-state index contributed by atoms with van der Waals surface area (Å²) in [6.45, 7) is 5.44. The van der Waals surface area contributed by atoms with E-state index in [-0.39, 0.29) is 0 Å². The van der Waals surface area contributed by atoms with Crippen LogP contribution >= 0.6 is 0 Å². The molecule has 0 aromatic rings. The number of carbonyl (C=O) groups excluding carboxylic acids is 2. The predicted molar refractivity (Wildman–Crippen MR) is 51.8 cm³/mol. The summed E-state index contributed by atoms with van der Waals surface area (Å²) in [6.07, 6.45) is 1.12. The van der Waals surface area contributed by atoms with E-state index in [1.807, 2.05) is 13.8 Å². The maximum atomic E-state index is 11.9. The summed E-state index contributed by atoms with van der Waals surface area (Å²) in [5.41, 5.74) is -1.27. The van der Waals surface area contributed by atoms with E-state index in [0.717, 1.165) is 0 Å². The Morgan fingerprint density at radius 1 is 1.20 bits per heavy atom. The molecule has 2 aliphatic carbocycles. The molecule has 0 spiro atoms. The fourth-order valence-corrected chi connectivity index (χ4v) is 3.11. The van der Waals surface area contributed by atoms with Gasteiger partial charge in [-0.05, 0) is 18.3 Å². The molecule has 2 bridgehead atoms. The van der Waals surface area contributed by atoms with Crippen molar-refractivity contribution in [3.63, 3.8) is 0 Å². The van der Waals surface area contributed by atoms with Crippen LogP contribution in [-0.4, -0.2) is 27.6 Å². The van der Waals surface area contributed by atoms with Crippen molar-refractivity contribution in [2.75, 3.05) is 0 Å². The van der Waals surface area contributed by atoms with E-state index in [4.69, 9.17) is 0 Å². The van der Waals surface area contributed by atoms with Gasteiger partial charge in [0.05, 0.1) is 0 Å². The van der Waals surface area contributed by atoms with Gasteiger partial charge in [0.2, 0.25) is 11.6 Å². The third kappa shape index (κ3) is 0.941. The molecule has 0 amide bonds. The van der Waals surface area contributed by atoms with Crippen LogP contribution in [0.25, 0.3) is 0 Å². The van der Waals surface area contributed by atoms with Gasteiger partial charge in [0.25, 0.3) is 5.79 Å². The lowest BCUT2D eigenvalue weighted by Gasteiger charge is -2.47. The highest BCUT2D eigenvalue weighted by Gasteiger charge is 2.70. The van der Waals surface area contributed by atoms with Gasteiger partial charge in [-0.2, -0.15) is 0 Å². The number of fused-ring (bicyclic) bond motifs is 2. The zero-order chi connectivity index (χ0) is 11.6. The van der Waals surface area contributed by atoms with Gasteiger partial charge in [0.1, 0.15) is 0 Å². The standard InChI is InChI=1S/C11H16O4/c1-9(2)6-4-5-10(9,3)8(13)11(14,15)7(6)12/h6,14-15H,4-5H2,1-3H3. The summed E-state index contributed by atoms with van der Waals surface area (Å²) < 4.78 is 0. The zero-order valence-electron chi connectivity index (χ0n) is 9.20. The fourth-order valence-electron chi connectivity index (χ4n) is 3.11. The smallest absolute Gasteiger partial charge is 0.286 e. The van der Waals surface area contributed by atoms with Crippen LogP contribution in [0.3, 0.4) is 0 Å². The highest BCUT2D eigenvalue weighted by atomic mass is 16.5. The number of hydrogen-bond donors (Lipinski definition) is 2. The molecule has 2 N–H and O–H groups in total. The molecular weight excluding hydrogens is 196 g/mol. The molecule has 2 aliphatic rings. The van der Waals surface area contributed by atoms with E-state index in [1.54, 1.807) is 6.92 Å². The monoisotopic (exact) mass is 212 g/mol. The first-order valence-electron chi connectivity index (χ1n) is 5.19. The Hall–Kier alpha value is -0.740. The van der Waals surface area contributed by atoms with Crippen LogP contribution in [0.4, 0.5) is 0 Å². The van der Waals surface area contributed by atoms with Crippen LogP contribution in [0.2, 0.25) is 0 Å². The van der Waals surface area contributed by atoms with Gasteiger partial charge in [-0.1, -0.05) is 20.8 Å². The molecule has 2 rings (SSSR count). The largest absolute Gasteiger partial charge is 0.354 e. The first kappa shape index (κ1) is 10.8. The van der Waals surface area contributed by atoms with Crippen molar-refractivity contribution in [1.29, 1.82) is 0 Å². The van der Waals surface area contributed by atoms with Crippen LogP contribution in [0, 0.1) is 16.7 Å². The van der Waals surface area contributed by atoms with Gasteiger partial charge in [0.15, 0.2) is 0 Å². The summed E-state index contributed by atoms with van der Waals surface area (Å²) in [7, 11) is 0. The van der Waals surface area contributed by atoms with Crippen LogP contribution in [0.1, 0.15) is 33.6 Å². The van der Waals surface area contributed by atoms with Crippen molar-refractivity contribution < 1.29 is 19.8 Å². The molecule has 2 saturated carbocycles. The molecule has 2 fully saturated rings. The van der Waals surface area contributed by atoms with E-state index in [2.05, 4.69) is 0 Å². The lowest BCUT2D eigenvalue weighted by atomic mass is 9.56. The topological polar surface area (TPSA) is 74.6 Å². The van der Waals surface area contributed by atoms with Gasteiger partial charge in [-0.3, -0.25) is 9.59 Å². The van der Waals surface area contributed by atoms with Crippen LogP contribution in [-0.2, 0) is 9.59 Å². The molecule has 84 valence electrons. The molecule has 0 aromatic heterocycles. The number of hydrogen-bond acceptors (Lipinski definition) is 4. The zero-order valence-corrected chi connectivity index (χ0v) is 9.20.